The van der Waals surface area contributed by atoms with Gasteiger partial charge < -0.3 is 10.6 Å². The van der Waals surface area contributed by atoms with E-state index >= 15 is 0 Å². The largest absolute Gasteiger partial charge is 0.370 e. The molecule has 0 spiro atoms. The van der Waals surface area contributed by atoms with Crippen molar-refractivity contribution in [3.8, 4) is 0 Å². The highest BCUT2D eigenvalue weighted by molar-refractivity contribution is 5.78. The predicted molar refractivity (Wildman–Crippen MR) is 104 cm³/mol. The number of fused-ring (bicyclic) bond motifs is 1. The number of carbonyl (C=O) groups excluding carboxylic acids is 2. The van der Waals surface area contributed by atoms with Crippen LogP contribution in [0.25, 0.3) is 10.9 Å². The minimum absolute atomic E-state index is 0.0680. The summed E-state index contributed by atoms with van der Waals surface area (Å²) in [5.41, 5.74) is 6.41. The van der Waals surface area contributed by atoms with Gasteiger partial charge in [0.1, 0.15) is 5.52 Å². The standard InChI is InChI=1S/C20H21N5O3/c21-18(26)10-12-24(14-15-6-2-1-3-7-15)19(27)11-13-25-20(28)16-8-4-5-9-17(16)22-23-25/h1-9H,10-14H2,(H2,21,26). The fourth-order valence-electron chi connectivity index (χ4n) is 2.87. The molecular formula is C20H21N5O3. The van der Waals surface area contributed by atoms with Gasteiger partial charge in [-0.25, -0.2) is 4.68 Å². The lowest BCUT2D eigenvalue weighted by molar-refractivity contribution is -0.132. The molecular weight excluding hydrogens is 358 g/mol. The lowest BCUT2D eigenvalue weighted by atomic mass is 10.2. The zero-order valence-corrected chi connectivity index (χ0v) is 15.3. The zero-order chi connectivity index (χ0) is 19.9. The Morgan fingerprint density at radius 1 is 1.00 bits per heavy atom. The lowest BCUT2D eigenvalue weighted by Gasteiger charge is -2.22. The average molecular weight is 379 g/mol. The van der Waals surface area contributed by atoms with Gasteiger partial charge in [0, 0.05) is 25.9 Å². The number of rotatable bonds is 8. The van der Waals surface area contributed by atoms with Crippen LogP contribution in [0.3, 0.4) is 0 Å². The van der Waals surface area contributed by atoms with E-state index in [1.807, 2.05) is 30.3 Å². The predicted octanol–water partition coefficient (Wildman–Crippen LogP) is 1.09. The summed E-state index contributed by atoms with van der Waals surface area (Å²) in [5, 5.41) is 8.38. The zero-order valence-electron chi connectivity index (χ0n) is 15.3. The Bertz CT molecular complexity index is 1030. The number of amides is 2. The number of nitrogens with two attached hydrogens (primary N) is 1. The molecule has 3 rings (SSSR count). The van der Waals surface area contributed by atoms with Gasteiger partial charge in [0.25, 0.3) is 5.56 Å². The summed E-state index contributed by atoms with van der Waals surface area (Å²) in [6.45, 7) is 0.698. The van der Waals surface area contributed by atoms with Gasteiger partial charge in [-0.15, -0.1) is 5.10 Å². The maximum absolute atomic E-state index is 12.7. The van der Waals surface area contributed by atoms with Crippen LogP contribution in [-0.4, -0.2) is 38.3 Å². The van der Waals surface area contributed by atoms with Crippen LogP contribution in [0.5, 0.6) is 0 Å². The van der Waals surface area contributed by atoms with E-state index < -0.39 is 5.91 Å². The molecule has 0 aliphatic rings. The van der Waals surface area contributed by atoms with Crippen molar-refractivity contribution in [1.29, 1.82) is 0 Å². The van der Waals surface area contributed by atoms with Crippen molar-refractivity contribution >= 4 is 22.7 Å². The van der Waals surface area contributed by atoms with Gasteiger partial charge in [-0.1, -0.05) is 47.7 Å². The topological polar surface area (TPSA) is 111 Å². The molecule has 2 amide bonds. The van der Waals surface area contributed by atoms with Crippen LogP contribution >= 0.6 is 0 Å². The number of aromatic nitrogens is 3. The lowest BCUT2D eigenvalue weighted by Crippen LogP contribution is -2.35. The van der Waals surface area contributed by atoms with Gasteiger partial charge >= 0.3 is 0 Å². The Morgan fingerprint density at radius 3 is 2.46 bits per heavy atom. The molecule has 1 aromatic heterocycles. The first-order valence-electron chi connectivity index (χ1n) is 8.97. The molecule has 144 valence electrons. The summed E-state index contributed by atoms with van der Waals surface area (Å²) in [4.78, 5) is 37.9. The highest BCUT2D eigenvalue weighted by Crippen LogP contribution is 2.08. The monoisotopic (exact) mass is 379 g/mol. The van der Waals surface area contributed by atoms with Crippen molar-refractivity contribution < 1.29 is 9.59 Å². The molecule has 0 atom stereocenters. The van der Waals surface area contributed by atoms with Gasteiger partial charge in [-0.3, -0.25) is 14.4 Å². The molecule has 1 heterocycles. The van der Waals surface area contributed by atoms with Gasteiger partial charge in [0.2, 0.25) is 11.8 Å². The van der Waals surface area contributed by atoms with E-state index in [4.69, 9.17) is 5.73 Å². The van der Waals surface area contributed by atoms with E-state index in [2.05, 4.69) is 10.3 Å². The normalized spacial score (nSPS) is 10.7. The quantitative estimate of drug-likeness (QED) is 0.630. The highest BCUT2D eigenvalue weighted by Gasteiger charge is 2.16. The number of nitrogens with zero attached hydrogens (tertiary/aromatic N) is 4. The molecule has 0 bridgehead atoms. The number of benzene rings is 2. The van der Waals surface area contributed by atoms with Crippen LogP contribution in [0.2, 0.25) is 0 Å². The number of primary amides is 1. The Balaban J connectivity index is 1.71. The summed E-state index contributed by atoms with van der Waals surface area (Å²) < 4.78 is 1.19. The molecule has 2 aromatic carbocycles. The highest BCUT2D eigenvalue weighted by atomic mass is 16.2. The fourth-order valence-corrected chi connectivity index (χ4v) is 2.87. The van der Waals surface area contributed by atoms with Crippen molar-refractivity contribution in [2.75, 3.05) is 6.54 Å². The van der Waals surface area contributed by atoms with Crippen LogP contribution < -0.4 is 11.3 Å². The molecule has 3 aromatic rings. The van der Waals surface area contributed by atoms with Crippen LogP contribution in [-0.2, 0) is 22.7 Å². The smallest absolute Gasteiger partial charge is 0.277 e. The number of hydrogen-bond donors (Lipinski definition) is 1. The molecule has 28 heavy (non-hydrogen) atoms. The molecule has 0 saturated heterocycles. The van der Waals surface area contributed by atoms with Crippen LogP contribution in [0.15, 0.2) is 59.4 Å². The van der Waals surface area contributed by atoms with Gasteiger partial charge in [0.05, 0.1) is 11.9 Å². The summed E-state index contributed by atoms with van der Waals surface area (Å²) in [6.07, 6.45) is 0.146. The Morgan fingerprint density at radius 2 is 1.71 bits per heavy atom. The molecule has 0 aliphatic carbocycles. The van der Waals surface area contributed by atoms with Gasteiger partial charge in [-0.05, 0) is 17.7 Å². The first-order chi connectivity index (χ1) is 13.5. The maximum atomic E-state index is 12.7. The van der Waals surface area contributed by atoms with Gasteiger partial charge in [0.15, 0.2) is 0 Å². The summed E-state index contributed by atoms with van der Waals surface area (Å²) in [7, 11) is 0. The van der Waals surface area contributed by atoms with Crippen molar-refractivity contribution in [3.05, 3.63) is 70.5 Å². The van der Waals surface area contributed by atoms with E-state index in [0.717, 1.165) is 5.56 Å². The minimum atomic E-state index is -0.470. The van der Waals surface area contributed by atoms with Crippen molar-refractivity contribution in [1.82, 2.24) is 19.9 Å². The van der Waals surface area contributed by atoms with Gasteiger partial charge in [-0.2, -0.15) is 0 Å². The van der Waals surface area contributed by atoms with Crippen LogP contribution in [0.1, 0.15) is 18.4 Å². The van der Waals surface area contributed by atoms with Crippen molar-refractivity contribution in [2.24, 2.45) is 5.73 Å². The number of aryl methyl sites for hydroxylation is 1. The minimum Gasteiger partial charge on any atom is -0.370 e. The third kappa shape index (κ3) is 4.79. The van der Waals surface area contributed by atoms with E-state index in [0.29, 0.717) is 17.4 Å². The Kier molecular flexibility index (Phi) is 6.11. The molecule has 0 unspecified atom stereocenters. The number of hydrogen-bond acceptors (Lipinski definition) is 5. The average Bonchev–Trinajstić information content (AvgIpc) is 2.71. The van der Waals surface area contributed by atoms with Crippen molar-refractivity contribution in [3.63, 3.8) is 0 Å². The van der Waals surface area contributed by atoms with E-state index in [-0.39, 0.29) is 37.4 Å². The Hall–Kier alpha value is -3.55. The first-order valence-corrected chi connectivity index (χ1v) is 8.97. The van der Waals surface area contributed by atoms with E-state index in [1.54, 1.807) is 29.2 Å². The molecule has 2 N–H and O–H groups in total. The third-order valence-electron chi connectivity index (χ3n) is 4.36. The van der Waals surface area contributed by atoms with Crippen molar-refractivity contribution in [2.45, 2.75) is 25.9 Å². The molecule has 8 nitrogen and oxygen atoms in total. The summed E-state index contributed by atoms with van der Waals surface area (Å²) >= 11 is 0. The summed E-state index contributed by atoms with van der Waals surface area (Å²) in [6, 6.07) is 16.4. The number of carbonyl (C=O) groups is 2. The third-order valence-corrected chi connectivity index (χ3v) is 4.36. The second-order valence-corrected chi connectivity index (χ2v) is 6.40. The second-order valence-electron chi connectivity index (χ2n) is 6.40. The molecule has 0 saturated carbocycles. The molecule has 0 radical (unpaired) electrons. The fraction of sp³-hybridized carbons (Fsp3) is 0.250. The maximum Gasteiger partial charge on any atom is 0.277 e. The first kappa shape index (κ1) is 19.2. The van der Waals surface area contributed by atoms with E-state index in [9.17, 15) is 14.4 Å². The van der Waals surface area contributed by atoms with E-state index in [1.165, 1.54) is 4.68 Å². The molecule has 8 heteroatoms. The summed E-state index contributed by atoms with van der Waals surface area (Å²) in [5.74, 6) is -0.658. The second kappa shape index (κ2) is 8.90. The Labute approximate surface area is 161 Å². The molecule has 0 fully saturated rings. The van der Waals surface area contributed by atoms with Crippen LogP contribution in [0, 0.1) is 0 Å². The molecule has 0 aliphatic heterocycles. The SMILES string of the molecule is NC(=O)CCN(Cc1ccccc1)C(=O)CCn1nnc2ccccc2c1=O. The van der Waals surface area contributed by atoms with Crippen LogP contribution in [0.4, 0.5) is 0 Å².